The molecule has 2 N–H and O–H groups in total. The number of benzene rings is 2. The van der Waals surface area contributed by atoms with E-state index >= 15 is 0 Å². The molecule has 136 valence electrons. The van der Waals surface area contributed by atoms with Crippen LogP contribution in [0, 0.1) is 11.6 Å². The predicted molar refractivity (Wildman–Crippen MR) is 92.2 cm³/mol. The Morgan fingerprint density at radius 3 is 2.59 bits per heavy atom. The first kappa shape index (κ1) is 16.7. The Labute approximate surface area is 152 Å². The molecule has 1 amide bonds. The summed E-state index contributed by atoms with van der Waals surface area (Å²) in [6.45, 7) is 0.156. The molecule has 27 heavy (non-hydrogen) atoms. The molecule has 2 aromatic carbocycles. The summed E-state index contributed by atoms with van der Waals surface area (Å²) in [7, 11) is 0. The summed E-state index contributed by atoms with van der Waals surface area (Å²) in [6.07, 6.45) is 1.17. The van der Waals surface area contributed by atoms with Crippen LogP contribution >= 0.6 is 0 Å². The molecular formula is C18H12F2N4O3. The molecule has 0 spiro atoms. The molecule has 1 aromatic heterocycles. The first-order valence-electron chi connectivity index (χ1n) is 7.84. The molecule has 0 radical (unpaired) electrons. The third kappa shape index (κ3) is 3.47. The molecule has 1 aliphatic heterocycles. The molecule has 1 aliphatic rings. The number of aromatic nitrogens is 2. The van der Waals surface area contributed by atoms with Gasteiger partial charge in [0.25, 0.3) is 5.91 Å². The normalized spacial score (nSPS) is 11.9. The first-order valence-corrected chi connectivity index (χ1v) is 7.84. The number of halogens is 2. The Bertz CT molecular complexity index is 1010. The van der Waals surface area contributed by atoms with Gasteiger partial charge < -0.3 is 20.1 Å². The van der Waals surface area contributed by atoms with Gasteiger partial charge >= 0.3 is 0 Å². The molecule has 7 nitrogen and oxygen atoms in total. The van der Waals surface area contributed by atoms with Gasteiger partial charge in [-0.2, -0.15) is 0 Å². The van der Waals surface area contributed by atoms with Crippen LogP contribution in [0.2, 0.25) is 0 Å². The number of fused-ring (bicyclic) bond motifs is 1. The Balaban J connectivity index is 1.53. The van der Waals surface area contributed by atoms with Crippen LogP contribution in [-0.4, -0.2) is 22.7 Å². The SMILES string of the molecule is O=C(Nc1c(F)cccc1F)c1cc(Nc2ccc3c(c2)OCO3)ncn1. The van der Waals surface area contributed by atoms with Gasteiger partial charge in [-0.1, -0.05) is 6.07 Å². The van der Waals surface area contributed by atoms with Gasteiger partial charge in [0.1, 0.15) is 35.2 Å². The van der Waals surface area contributed by atoms with Crippen LogP contribution in [-0.2, 0) is 0 Å². The number of amides is 1. The predicted octanol–water partition coefficient (Wildman–Crippen LogP) is 3.48. The second-order valence-electron chi connectivity index (χ2n) is 5.53. The molecule has 0 bridgehead atoms. The van der Waals surface area contributed by atoms with Gasteiger partial charge in [0.05, 0.1) is 0 Å². The molecule has 0 saturated heterocycles. The van der Waals surface area contributed by atoms with E-state index in [1.807, 2.05) is 0 Å². The number of nitrogens with zero attached hydrogens (tertiary/aromatic N) is 2. The smallest absolute Gasteiger partial charge is 0.274 e. The molecule has 0 aliphatic carbocycles. The monoisotopic (exact) mass is 370 g/mol. The lowest BCUT2D eigenvalue weighted by molar-refractivity contribution is 0.102. The summed E-state index contributed by atoms with van der Waals surface area (Å²) in [5.41, 5.74) is 0.0618. The number of rotatable bonds is 4. The topological polar surface area (TPSA) is 85.4 Å². The zero-order chi connectivity index (χ0) is 18.8. The van der Waals surface area contributed by atoms with E-state index in [9.17, 15) is 13.6 Å². The molecule has 3 aromatic rings. The molecule has 0 saturated carbocycles. The number of carbonyl (C=O) groups excluding carboxylic acids is 1. The van der Waals surface area contributed by atoms with E-state index < -0.39 is 23.2 Å². The molecule has 0 unspecified atom stereocenters. The Morgan fingerprint density at radius 2 is 1.78 bits per heavy atom. The highest BCUT2D eigenvalue weighted by Gasteiger charge is 2.16. The molecular weight excluding hydrogens is 358 g/mol. The Kier molecular flexibility index (Phi) is 4.25. The number of ether oxygens (including phenoxy) is 2. The summed E-state index contributed by atoms with van der Waals surface area (Å²) in [5.74, 6) is -0.984. The van der Waals surface area contributed by atoms with Gasteiger partial charge in [-0.25, -0.2) is 18.7 Å². The minimum atomic E-state index is -0.879. The lowest BCUT2D eigenvalue weighted by Crippen LogP contribution is -2.16. The fourth-order valence-electron chi connectivity index (χ4n) is 2.47. The highest BCUT2D eigenvalue weighted by molar-refractivity contribution is 6.03. The number of nitrogens with one attached hydrogen (secondary N) is 2. The van der Waals surface area contributed by atoms with Crippen molar-refractivity contribution in [1.82, 2.24) is 9.97 Å². The van der Waals surface area contributed by atoms with E-state index in [2.05, 4.69) is 20.6 Å². The van der Waals surface area contributed by atoms with Crippen molar-refractivity contribution in [3.05, 3.63) is 66.1 Å². The van der Waals surface area contributed by atoms with E-state index in [4.69, 9.17) is 9.47 Å². The van der Waals surface area contributed by atoms with E-state index in [-0.39, 0.29) is 12.5 Å². The van der Waals surface area contributed by atoms with Crippen molar-refractivity contribution in [2.24, 2.45) is 0 Å². The van der Waals surface area contributed by atoms with Crippen LogP contribution in [0.25, 0.3) is 0 Å². The van der Waals surface area contributed by atoms with Crippen molar-refractivity contribution in [2.75, 3.05) is 17.4 Å². The average molecular weight is 370 g/mol. The Morgan fingerprint density at radius 1 is 1.00 bits per heavy atom. The quantitative estimate of drug-likeness (QED) is 0.731. The van der Waals surface area contributed by atoms with E-state index in [1.165, 1.54) is 18.5 Å². The third-order valence-corrected chi connectivity index (χ3v) is 3.75. The van der Waals surface area contributed by atoms with Crippen molar-refractivity contribution < 1.29 is 23.0 Å². The first-order chi connectivity index (χ1) is 13.1. The summed E-state index contributed by atoms with van der Waals surface area (Å²) >= 11 is 0. The maximum Gasteiger partial charge on any atom is 0.274 e. The maximum atomic E-state index is 13.7. The number of anilines is 3. The number of para-hydroxylation sites is 1. The van der Waals surface area contributed by atoms with E-state index in [1.54, 1.807) is 18.2 Å². The lowest BCUT2D eigenvalue weighted by atomic mass is 10.2. The molecule has 4 rings (SSSR count). The highest BCUT2D eigenvalue weighted by Crippen LogP contribution is 2.34. The fourth-order valence-corrected chi connectivity index (χ4v) is 2.47. The number of carbonyl (C=O) groups is 1. The summed E-state index contributed by atoms with van der Waals surface area (Å²) < 4.78 is 37.9. The zero-order valence-electron chi connectivity index (χ0n) is 13.7. The van der Waals surface area contributed by atoms with Gasteiger partial charge in [-0.3, -0.25) is 4.79 Å². The van der Waals surface area contributed by atoms with Crippen molar-refractivity contribution >= 4 is 23.1 Å². The van der Waals surface area contributed by atoms with Gasteiger partial charge in [-0.05, 0) is 24.3 Å². The standard InChI is InChI=1S/C18H12F2N4O3/c19-11-2-1-3-12(20)17(11)24-18(25)13-7-16(22-8-21-13)23-10-4-5-14-15(6-10)27-9-26-14/h1-8H,9H2,(H,24,25)(H,21,22,23). The maximum absolute atomic E-state index is 13.7. The lowest BCUT2D eigenvalue weighted by Gasteiger charge is -2.09. The zero-order valence-corrected chi connectivity index (χ0v) is 13.7. The van der Waals surface area contributed by atoms with Crippen LogP contribution in [0.4, 0.5) is 26.0 Å². The largest absolute Gasteiger partial charge is 0.454 e. The second kappa shape index (κ2) is 6.87. The van der Waals surface area contributed by atoms with Crippen LogP contribution in [0.15, 0.2) is 48.8 Å². The van der Waals surface area contributed by atoms with Crippen molar-refractivity contribution in [3.63, 3.8) is 0 Å². The van der Waals surface area contributed by atoms with Crippen LogP contribution in [0.3, 0.4) is 0 Å². The van der Waals surface area contributed by atoms with Crippen molar-refractivity contribution in [2.45, 2.75) is 0 Å². The fraction of sp³-hybridized carbons (Fsp3) is 0.0556. The van der Waals surface area contributed by atoms with E-state index in [0.29, 0.717) is 23.0 Å². The minimum absolute atomic E-state index is 0.0594. The average Bonchev–Trinajstić information content (AvgIpc) is 3.13. The number of hydrogen-bond donors (Lipinski definition) is 2. The third-order valence-electron chi connectivity index (χ3n) is 3.75. The van der Waals surface area contributed by atoms with E-state index in [0.717, 1.165) is 12.1 Å². The van der Waals surface area contributed by atoms with Crippen LogP contribution in [0.5, 0.6) is 11.5 Å². The summed E-state index contributed by atoms with van der Waals surface area (Å²) in [5, 5.41) is 5.18. The summed E-state index contributed by atoms with van der Waals surface area (Å²) in [4.78, 5) is 20.1. The Hall–Kier alpha value is -3.75. The second-order valence-corrected chi connectivity index (χ2v) is 5.53. The summed E-state index contributed by atoms with van der Waals surface area (Å²) in [6, 6.07) is 9.87. The van der Waals surface area contributed by atoms with Gasteiger partial charge in [-0.15, -0.1) is 0 Å². The van der Waals surface area contributed by atoms with Gasteiger partial charge in [0.15, 0.2) is 11.5 Å². The van der Waals surface area contributed by atoms with Crippen LogP contribution < -0.4 is 20.1 Å². The van der Waals surface area contributed by atoms with Gasteiger partial charge in [0.2, 0.25) is 6.79 Å². The molecule has 0 atom stereocenters. The van der Waals surface area contributed by atoms with Crippen molar-refractivity contribution in [1.29, 1.82) is 0 Å². The van der Waals surface area contributed by atoms with Crippen molar-refractivity contribution in [3.8, 4) is 11.5 Å². The highest BCUT2D eigenvalue weighted by atomic mass is 19.1. The molecule has 2 heterocycles. The van der Waals surface area contributed by atoms with Crippen LogP contribution in [0.1, 0.15) is 10.5 Å². The number of hydrogen-bond acceptors (Lipinski definition) is 6. The van der Waals surface area contributed by atoms with Gasteiger partial charge in [0, 0.05) is 17.8 Å². The molecule has 9 heteroatoms. The molecule has 0 fully saturated rings. The minimum Gasteiger partial charge on any atom is -0.454 e.